The first-order chi connectivity index (χ1) is 11.7. The summed E-state index contributed by atoms with van der Waals surface area (Å²) in [6.07, 6.45) is 0. The predicted octanol–water partition coefficient (Wildman–Crippen LogP) is 3.25. The van der Waals surface area contributed by atoms with E-state index < -0.39 is 27.9 Å². The van der Waals surface area contributed by atoms with E-state index in [1.807, 2.05) is 6.07 Å². The van der Waals surface area contributed by atoms with E-state index in [1.165, 1.54) is 0 Å². The first kappa shape index (κ1) is 20.7. The molecule has 0 spiro atoms. The summed E-state index contributed by atoms with van der Waals surface area (Å²) in [6.45, 7) is -1.78. The molecule has 0 fully saturated rings. The third-order valence-corrected chi connectivity index (χ3v) is 4.60. The smallest absolute Gasteiger partial charge is 0.402 e. The molecule has 0 atom stereocenters. The second-order valence-corrected chi connectivity index (χ2v) is 6.93. The van der Waals surface area contributed by atoms with E-state index in [1.54, 1.807) is 48.5 Å². The molecule has 9 heteroatoms. The Balaban J connectivity index is 0.00000243. The number of carbonyl (C=O) groups is 1. The first-order valence-electron chi connectivity index (χ1n) is 7.13. The van der Waals surface area contributed by atoms with Gasteiger partial charge in [0.1, 0.15) is 0 Å². The summed E-state index contributed by atoms with van der Waals surface area (Å²) in [5.74, 6) is -1.10. The van der Waals surface area contributed by atoms with Crippen molar-refractivity contribution in [3.8, 4) is 0 Å². The van der Waals surface area contributed by atoms with Gasteiger partial charge in [0.05, 0.1) is 5.56 Å². The molecule has 0 aliphatic heterocycles. The number of hydrogen-bond donors (Lipinski definition) is 1. The molecule has 0 aliphatic rings. The van der Waals surface area contributed by atoms with Gasteiger partial charge in [-0.2, -0.15) is 17.2 Å². The van der Waals surface area contributed by atoms with Crippen LogP contribution in [-0.4, -0.2) is 60.4 Å². The van der Waals surface area contributed by atoms with Crippen molar-refractivity contribution in [2.75, 3.05) is 6.61 Å². The number of alkyl halides is 2. The molecule has 3 aromatic carbocycles. The molecule has 3 rings (SSSR count). The largest absolute Gasteiger partial charge is 0.454 e. The second kappa shape index (κ2) is 7.58. The van der Waals surface area contributed by atoms with Crippen molar-refractivity contribution in [2.45, 2.75) is 5.25 Å². The predicted molar refractivity (Wildman–Crippen MR) is 94.0 cm³/mol. The number of rotatable bonds is 4. The van der Waals surface area contributed by atoms with Gasteiger partial charge in [0.2, 0.25) is 0 Å². The van der Waals surface area contributed by atoms with Gasteiger partial charge in [-0.1, -0.05) is 48.5 Å². The zero-order valence-corrected chi connectivity index (χ0v) is 16.5. The number of fused-ring (bicyclic) bond motifs is 2. The van der Waals surface area contributed by atoms with Gasteiger partial charge in [-0.25, -0.2) is 4.79 Å². The van der Waals surface area contributed by atoms with Gasteiger partial charge in [0.25, 0.3) is 0 Å². The molecule has 1 N–H and O–H groups in total. The maximum Gasteiger partial charge on any atom is 0.402 e. The molecule has 1 radical (unpaired) electrons. The fourth-order valence-electron chi connectivity index (χ4n) is 2.53. The Morgan fingerprint density at radius 2 is 1.46 bits per heavy atom. The van der Waals surface area contributed by atoms with Crippen molar-refractivity contribution in [1.29, 1.82) is 0 Å². The van der Waals surface area contributed by atoms with Crippen LogP contribution >= 0.6 is 0 Å². The number of ether oxygens (including phenoxy) is 1. The maximum absolute atomic E-state index is 13.3. The number of halogens is 2. The molecule has 0 unspecified atom stereocenters. The van der Waals surface area contributed by atoms with Crippen LogP contribution in [0.1, 0.15) is 10.4 Å². The molecular weight excluding hydrogens is 377 g/mol. The van der Waals surface area contributed by atoms with Gasteiger partial charge < -0.3 is 4.74 Å². The number of benzene rings is 3. The molecule has 0 bridgehead atoms. The third kappa shape index (κ3) is 3.89. The van der Waals surface area contributed by atoms with E-state index in [0.29, 0.717) is 21.5 Å². The van der Waals surface area contributed by atoms with Crippen LogP contribution in [0.2, 0.25) is 0 Å². The molecule has 5 nitrogen and oxygen atoms in total. The third-order valence-electron chi connectivity index (χ3n) is 3.72. The van der Waals surface area contributed by atoms with Crippen molar-refractivity contribution < 1.29 is 31.3 Å². The van der Waals surface area contributed by atoms with Gasteiger partial charge in [-0.05, 0) is 27.6 Å². The molecular formula is C17H12F2NaO5S. The standard InChI is InChI=1S/C17H12F2O5S.Na/c18-17(19,25(21,22)23)10-24-16(20)15-13-7-3-1-5-11(13)9-12-6-2-4-8-14(12)15;/h1-9H,10H2,(H,21,22,23);. The average Bonchev–Trinajstić information content (AvgIpc) is 2.56. The Morgan fingerprint density at radius 3 is 1.92 bits per heavy atom. The van der Waals surface area contributed by atoms with Crippen LogP contribution in [0.3, 0.4) is 0 Å². The average molecular weight is 389 g/mol. The van der Waals surface area contributed by atoms with E-state index in [4.69, 9.17) is 4.55 Å². The van der Waals surface area contributed by atoms with Crippen LogP contribution in [0.25, 0.3) is 21.5 Å². The zero-order valence-electron chi connectivity index (χ0n) is 13.6. The summed E-state index contributed by atoms with van der Waals surface area (Å²) >= 11 is 0. The summed E-state index contributed by atoms with van der Waals surface area (Å²) in [4.78, 5) is 12.4. The first-order valence-corrected chi connectivity index (χ1v) is 8.57. The zero-order chi connectivity index (χ0) is 18.2. The van der Waals surface area contributed by atoms with Crippen molar-refractivity contribution in [2.24, 2.45) is 0 Å². The Kier molecular flexibility index (Phi) is 6.04. The minimum atomic E-state index is -5.68. The van der Waals surface area contributed by atoms with Crippen LogP contribution in [0.15, 0.2) is 54.6 Å². The Hall–Kier alpha value is -1.58. The Bertz CT molecular complexity index is 1030. The number of hydrogen-bond acceptors (Lipinski definition) is 4. The van der Waals surface area contributed by atoms with E-state index >= 15 is 0 Å². The minimum Gasteiger partial charge on any atom is -0.454 e. The fraction of sp³-hybridized carbons (Fsp3) is 0.118. The summed E-state index contributed by atoms with van der Waals surface area (Å²) in [7, 11) is -5.68. The van der Waals surface area contributed by atoms with E-state index in [2.05, 4.69) is 4.74 Å². The van der Waals surface area contributed by atoms with E-state index in [-0.39, 0.29) is 35.1 Å². The Morgan fingerprint density at radius 1 is 1.00 bits per heavy atom. The molecule has 0 heterocycles. The van der Waals surface area contributed by atoms with Crippen LogP contribution in [-0.2, 0) is 14.9 Å². The molecule has 0 aromatic heterocycles. The second-order valence-electron chi connectivity index (χ2n) is 5.38. The molecule has 3 aromatic rings. The fourth-order valence-corrected chi connectivity index (χ4v) is 2.74. The van der Waals surface area contributed by atoms with E-state index in [0.717, 1.165) is 0 Å². The van der Waals surface area contributed by atoms with E-state index in [9.17, 15) is 22.0 Å². The van der Waals surface area contributed by atoms with Crippen LogP contribution in [0.5, 0.6) is 0 Å². The van der Waals surface area contributed by atoms with Gasteiger partial charge >= 0.3 is 21.3 Å². The van der Waals surface area contributed by atoms with Crippen molar-refractivity contribution in [3.63, 3.8) is 0 Å². The molecule has 0 amide bonds. The van der Waals surface area contributed by atoms with Crippen molar-refractivity contribution in [1.82, 2.24) is 0 Å². The Labute approximate surface area is 170 Å². The SMILES string of the molecule is O=C(OCC(F)(F)S(=O)(=O)O)c1c2ccccc2cc2ccccc12.[Na]. The monoisotopic (exact) mass is 389 g/mol. The molecule has 0 saturated carbocycles. The van der Waals surface area contributed by atoms with Crippen LogP contribution in [0.4, 0.5) is 8.78 Å². The van der Waals surface area contributed by atoms with Gasteiger partial charge in [-0.15, -0.1) is 0 Å². The van der Waals surface area contributed by atoms with Gasteiger partial charge in [0.15, 0.2) is 6.61 Å². The number of esters is 1. The molecule has 0 saturated heterocycles. The van der Waals surface area contributed by atoms with Crippen LogP contribution in [0, 0.1) is 0 Å². The van der Waals surface area contributed by atoms with Crippen LogP contribution < -0.4 is 0 Å². The topological polar surface area (TPSA) is 80.7 Å². The summed E-state index contributed by atoms with van der Waals surface area (Å²) in [6, 6.07) is 15.5. The number of carbonyl (C=O) groups excluding carboxylic acids is 1. The minimum absolute atomic E-state index is 0. The van der Waals surface area contributed by atoms with Gasteiger partial charge in [0, 0.05) is 29.6 Å². The summed E-state index contributed by atoms with van der Waals surface area (Å²) in [5.41, 5.74) is 0.0554. The molecule has 26 heavy (non-hydrogen) atoms. The quantitative estimate of drug-likeness (QED) is 0.321. The van der Waals surface area contributed by atoms with Crippen molar-refractivity contribution >= 4 is 67.2 Å². The molecule has 0 aliphatic carbocycles. The van der Waals surface area contributed by atoms with Crippen molar-refractivity contribution in [3.05, 3.63) is 60.2 Å². The normalized spacial score (nSPS) is 12.0. The summed E-state index contributed by atoms with van der Waals surface area (Å²) in [5, 5.41) is -2.20. The maximum atomic E-state index is 13.3. The molecule has 131 valence electrons. The summed E-state index contributed by atoms with van der Waals surface area (Å²) < 4.78 is 60.9. The van der Waals surface area contributed by atoms with Gasteiger partial charge in [-0.3, -0.25) is 4.55 Å².